The maximum Gasteiger partial charge on any atom is 0.189 e. The van der Waals surface area contributed by atoms with Crippen LogP contribution in [0.1, 0.15) is 20.8 Å². The summed E-state index contributed by atoms with van der Waals surface area (Å²) in [6.07, 6.45) is 0. The third-order valence-corrected chi connectivity index (χ3v) is 0.767. The molecule has 0 aliphatic heterocycles. The van der Waals surface area contributed by atoms with Gasteiger partial charge in [-0.1, -0.05) is 0 Å². The topological polar surface area (TPSA) is 18.5 Å². The molecule has 0 aliphatic carbocycles. The number of halogens is 4. The highest BCUT2D eigenvalue weighted by Gasteiger charge is 2.16. The number of alkyl halides is 3. The predicted octanol–water partition coefficient (Wildman–Crippen LogP) is 3.17. The Hall–Kier alpha value is -0.360. The molecule has 90 valence electrons. The largest absolute Gasteiger partial charge is 0.342 e. The second kappa shape index (κ2) is 15.1. The molecule has 6 heteroatoms. The summed E-state index contributed by atoms with van der Waals surface area (Å²) in [5.41, 5.74) is -0.950. The summed E-state index contributed by atoms with van der Waals surface area (Å²) in [6, 6.07) is 0. The summed E-state index contributed by atoms with van der Waals surface area (Å²) >= 11 is 0. The highest BCUT2D eigenvalue weighted by Crippen LogP contribution is 2.08. The van der Waals surface area contributed by atoms with Gasteiger partial charge in [-0.3, -0.25) is 4.39 Å². The highest BCUT2D eigenvalue weighted by atomic mass is 19.3. The van der Waals surface area contributed by atoms with Crippen LogP contribution in [0.25, 0.3) is 0 Å². The van der Waals surface area contributed by atoms with Crippen LogP contribution in [0.5, 0.6) is 0 Å². The fourth-order valence-electron chi connectivity index (χ4n) is 0.186. The van der Waals surface area contributed by atoms with Crippen LogP contribution in [0.4, 0.5) is 17.7 Å². The van der Waals surface area contributed by atoms with Gasteiger partial charge < -0.3 is 4.74 Å². The Morgan fingerprint density at radius 1 is 1.14 bits per heavy atom. The van der Waals surface area contributed by atoms with E-state index >= 15 is 0 Å². The average Bonchev–Trinajstić information content (AvgIpc) is 2.07. The predicted molar refractivity (Wildman–Crippen MR) is 46.9 cm³/mol. The summed E-state index contributed by atoms with van der Waals surface area (Å²) < 4.78 is 47.4. The van der Waals surface area contributed by atoms with Crippen LogP contribution >= 0.6 is 0 Å². The first-order chi connectivity index (χ1) is 6.45. The van der Waals surface area contributed by atoms with Gasteiger partial charge in [0, 0.05) is 0 Å². The lowest BCUT2D eigenvalue weighted by atomic mass is 10.2. The molecule has 0 aliphatic rings. The molecule has 14 heavy (non-hydrogen) atoms. The Labute approximate surface area is 82.1 Å². The molecule has 0 N–H and O–H groups in total. The molecule has 0 unspecified atom stereocenters. The molecule has 0 saturated heterocycles. The van der Waals surface area contributed by atoms with Crippen molar-refractivity contribution in [1.29, 1.82) is 0 Å². The zero-order valence-corrected chi connectivity index (χ0v) is 8.95. The van der Waals surface area contributed by atoms with E-state index in [1.165, 1.54) is 20.8 Å². The second-order valence-electron chi connectivity index (χ2n) is 2.57. The summed E-state index contributed by atoms with van der Waals surface area (Å²) in [4.78, 5) is 2.75. The van der Waals surface area contributed by atoms with E-state index in [9.17, 15) is 17.7 Å². The smallest absolute Gasteiger partial charge is 0.189 e. The third-order valence-electron chi connectivity index (χ3n) is 0.767. The molecule has 0 heterocycles. The number of hydrogen-bond acceptors (Lipinski definition) is 2. The van der Waals surface area contributed by atoms with Crippen LogP contribution in [0, 0.1) is 0 Å². The van der Waals surface area contributed by atoms with Gasteiger partial charge in [0.2, 0.25) is 0 Å². The lowest BCUT2D eigenvalue weighted by Gasteiger charge is -2.17. The first kappa shape index (κ1) is 19.2. The van der Waals surface area contributed by atoms with E-state index in [-0.39, 0.29) is 6.67 Å². The highest BCUT2D eigenvalue weighted by molar-refractivity contribution is 4.64. The fraction of sp³-hybridized carbons (Fsp3) is 1.00. The van der Waals surface area contributed by atoms with Crippen molar-refractivity contribution in [3.05, 3.63) is 0 Å². The zero-order valence-electron chi connectivity index (χ0n) is 8.95. The number of ether oxygens (including phenoxy) is 1. The standard InChI is InChI=1S/C5H10F2O.C2H5F.CH3FO/c1-5(2,3-6)8-4-7;1-2-3;1-3-2/h3-4H2,1-2H3;2H2,1H3;1H3. The summed E-state index contributed by atoms with van der Waals surface area (Å²) in [6.45, 7) is 2.62. The van der Waals surface area contributed by atoms with E-state index in [2.05, 4.69) is 9.68 Å². The molecule has 0 aromatic rings. The molecule has 0 atom stereocenters. The van der Waals surface area contributed by atoms with Crippen molar-refractivity contribution >= 4 is 0 Å². The average molecular weight is 222 g/mol. The van der Waals surface area contributed by atoms with Gasteiger partial charge in [-0.15, -0.1) is 0 Å². The molecule has 0 aromatic carbocycles. The normalized spacial score (nSPS) is 9.43. The van der Waals surface area contributed by atoms with Gasteiger partial charge in [-0.05, 0) is 25.3 Å². The van der Waals surface area contributed by atoms with E-state index in [1.807, 2.05) is 0 Å². The molecule has 0 bridgehead atoms. The van der Waals surface area contributed by atoms with Gasteiger partial charge in [0.15, 0.2) is 6.86 Å². The third kappa shape index (κ3) is 29.9. The molecule has 0 aromatic heterocycles. The van der Waals surface area contributed by atoms with Crippen LogP contribution in [0.2, 0.25) is 0 Å². The first-order valence-corrected chi connectivity index (χ1v) is 3.92. The summed E-state index contributed by atoms with van der Waals surface area (Å²) in [5.74, 6) is 0. The van der Waals surface area contributed by atoms with Crippen LogP contribution in [-0.4, -0.2) is 32.9 Å². The lowest BCUT2D eigenvalue weighted by Crippen LogP contribution is -2.26. The lowest BCUT2D eigenvalue weighted by molar-refractivity contribution is -0.0960. The number of rotatable bonds is 3. The fourth-order valence-corrected chi connectivity index (χ4v) is 0.186. The Morgan fingerprint density at radius 2 is 1.43 bits per heavy atom. The van der Waals surface area contributed by atoms with E-state index in [0.29, 0.717) is 0 Å². The molecule has 0 amide bonds. The van der Waals surface area contributed by atoms with Gasteiger partial charge in [-0.2, -0.15) is 4.94 Å². The minimum atomic E-state index is -0.950. The molecular weight excluding hydrogens is 204 g/mol. The van der Waals surface area contributed by atoms with Crippen molar-refractivity contribution < 1.29 is 27.4 Å². The molecule has 0 spiro atoms. The first-order valence-electron chi connectivity index (χ1n) is 3.92. The molecule has 0 radical (unpaired) electrons. The molecule has 0 rings (SSSR count). The van der Waals surface area contributed by atoms with E-state index < -0.39 is 19.1 Å². The Morgan fingerprint density at radius 3 is 1.50 bits per heavy atom. The molecular formula is C8H18F4O2. The molecule has 2 nitrogen and oxygen atoms in total. The summed E-state index contributed by atoms with van der Waals surface area (Å²) in [5, 5.41) is 0. The van der Waals surface area contributed by atoms with Gasteiger partial charge in [0.25, 0.3) is 0 Å². The van der Waals surface area contributed by atoms with E-state index in [4.69, 9.17) is 0 Å². The SMILES string of the molecule is CC(C)(CF)OCF.CCF.COF. The van der Waals surface area contributed by atoms with Crippen molar-refractivity contribution in [3.63, 3.8) is 0 Å². The van der Waals surface area contributed by atoms with Gasteiger partial charge in [-0.25, -0.2) is 8.78 Å². The van der Waals surface area contributed by atoms with Crippen molar-refractivity contribution in [1.82, 2.24) is 0 Å². The Kier molecular flexibility index (Phi) is 20.8. The quantitative estimate of drug-likeness (QED) is 0.683. The monoisotopic (exact) mass is 222 g/mol. The van der Waals surface area contributed by atoms with Crippen LogP contribution in [0.15, 0.2) is 0 Å². The molecule has 0 saturated carbocycles. The van der Waals surface area contributed by atoms with Crippen LogP contribution in [-0.2, 0) is 9.68 Å². The van der Waals surface area contributed by atoms with Gasteiger partial charge in [0.1, 0.15) is 6.67 Å². The molecule has 0 fully saturated rings. The second-order valence-corrected chi connectivity index (χ2v) is 2.57. The number of hydrogen-bond donors (Lipinski definition) is 0. The van der Waals surface area contributed by atoms with E-state index in [0.717, 1.165) is 7.11 Å². The maximum absolute atomic E-state index is 11.7. The summed E-state index contributed by atoms with van der Waals surface area (Å²) in [7, 11) is 0.958. The minimum absolute atomic E-state index is 0.250. The van der Waals surface area contributed by atoms with Crippen molar-refractivity contribution in [2.75, 3.05) is 27.3 Å². The van der Waals surface area contributed by atoms with Crippen molar-refractivity contribution in [2.24, 2.45) is 0 Å². The Balaban J connectivity index is -0.000000168. The Bertz CT molecular complexity index is 89.4. The van der Waals surface area contributed by atoms with Crippen molar-refractivity contribution in [3.8, 4) is 0 Å². The van der Waals surface area contributed by atoms with E-state index in [1.54, 1.807) is 0 Å². The van der Waals surface area contributed by atoms with Crippen molar-refractivity contribution in [2.45, 2.75) is 26.4 Å². The maximum atomic E-state index is 11.7. The zero-order chi connectivity index (χ0) is 12.0. The van der Waals surface area contributed by atoms with Crippen LogP contribution in [0.3, 0.4) is 0 Å². The van der Waals surface area contributed by atoms with Crippen LogP contribution < -0.4 is 0 Å². The minimum Gasteiger partial charge on any atom is -0.342 e. The van der Waals surface area contributed by atoms with Gasteiger partial charge in [0.05, 0.1) is 19.4 Å². The van der Waals surface area contributed by atoms with Gasteiger partial charge >= 0.3 is 0 Å².